The van der Waals surface area contributed by atoms with Gasteiger partial charge in [-0.3, -0.25) is 0 Å². The first kappa shape index (κ1) is 18.5. The van der Waals surface area contributed by atoms with Crippen LogP contribution in [0.1, 0.15) is 16.7 Å². The highest BCUT2D eigenvalue weighted by Crippen LogP contribution is 2.21. The zero-order chi connectivity index (χ0) is 20.4. The number of benzene rings is 2. The van der Waals surface area contributed by atoms with Crippen LogP contribution in [0.4, 0.5) is 0 Å². The van der Waals surface area contributed by atoms with E-state index in [4.69, 9.17) is 4.74 Å². The topological polar surface area (TPSA) is 87.7 Å². The summed E-state index contributed by atoms with van der Waals surface area (Å²) >= 11 is 0. The number of aryl methyl sites for hydroxylation is 3. The molecule has 4 aromatic rings. The third kappa shape index (κ3) is 3.77. The Labute approximate surface area is 167 Å². The molecule has 8 nitrogen and oxygen atoms in total. The van der Waals surface area contributed by atoms with Crippen LogP contribution >= 0.6 is 0 Å². The molecule has 2 aromatic carbocycles. The van der Waals surface area contributed by atoms with Crippen molar-refractivity contribution in [2.24, 2.45) is 7.05 Å². The third-order valence-corrected chi connectivity index (χ3v) is 4.66. The fraction of sp³-hybridized carbons (Fsp3) is 0.190. The molecular weight excluding hydrogens is 368 g/mol. The lowest BCUT2D eigenvalue weighted by atomic mass is 10.1. The van der Waals surface area contributed by atoms with Crippen LogP contribution in [0.15, 0.2) is 59.5 Å². The molecule has 0 spiro atoms. The highest BCUT2D eigenvalue weighted by molar-refractivity contribution is 5.59. The Morgan fingerprint density at radius 2 is 1.79 bits per heavy atom. The molecule has 0 atom stereocenters. The second-order valence-electron chi connectivity index (χ2n) is 6.75. The Bertz CT molecular complexity index is 1210. The zero-order valence-corrected chi connectivity index (χ0v) is 16.4. The van der Waals surface area contributed by atoms with Crippen molar-refractivity contribution in [2.75, 3.05) is 0 Å². The minimum atomic E-state index is -0.325. The fourth-order valence-electron chi connectivity index (χ4n) is 2.97. The van der Waals surface area contributed by atoms with E-state index in [0.717, 1.165) is 22.4 Å². The Hall–Kier alpha value is -3.81. The average molecular weight is 388 g/mol. The van der Waals surface area contributed by atoms with Crippen molar-refractivity contribution in [3.63, 3.8) is 0 Å². The molecule has 0 radical (unpaired) electrons. The number of hydrogen-bond donors (Lipinski definition) is 0. The van der Waals surface area contributed by atoms with Crippen molar-refractivity contribution in [2.45, 2.75) is 20.5 Å². The maximum atomic E-state index is 12.3. The van der Waals surface area contributed by atoms with E-state index in [0.29, 0.717) is 5.69 Å². The predicted octanol–water partition coefficient (Wildman–Crippen LogP) is 2.62. The molecule has 0 unspecified atom stereocenters. The highest BCUT2D eigenvalue weighted by Gasteiger charge is 2.14. The van der Waals surface area contributed by atoms with Crippen LogP contribution in [0.5, 0.6) is 6.01 Å². The van der Waals surface area contributed by atoms with Gasteiger partial charge in [-0.25, -0.2) is 9.78 Å². The van der Waals surface area contributed by atoms with Crippen molar-refractivity contribution in [3.05, 3.63) is 81.9 Å². The zero-order valence-electron chi connectivity index (χ0n) is 16.4. The van der Waals surface area contributed by atoms with Gasteiger partial charge in [-0.1, -0.05) is 42.0 Å². The highest BCUT2D eigenvalue weighted by atomic mass is 16.5. The van der Waals surface area contributed by atoms with Gasteiger partial charge in [0.1, 0.15) is 6.61 Å². The summed E-state index contributed by atoms with van der Waals surface area (Å²) in [5.74, 6) is 0. The van der Waals surface area contributed by atoms with E-state index < -0.39 is 0 Å². The molecule has 0 aliphatic heterocycles. The second kappa shape index (κ2) is 7.67. The summed E-state index contributed by atoms with van der Waals surface area (Å²) in [7, 11) is 1.56. The molecule has 146 valence electrons. The fourth-order valence-corrected chi connectivity index (χ4v) is 2.97. The molecule has 29 heavy (non-hydrogen) atoms. The number of hydrogen-bond acceptors (Lipinski definition) is 6. The van der Waals surface area contributed by atoms with Crippen molar-refractivity contribution in [1.82, 2.24) is 29.8 Å². The van der Waals surface area contributed by atoms with E-state index >= 15 is 0 Å². The summed E-state index contributed by atoms with van der Waals surface area (Å²) in [5, 5.41) is 7.72. The quantitative estimate of drug-likeness (QED) is 0.522. The van der Waals surface area contributed by atoms with Crippen molar-refractivity contribution >= 4 is 0 Å². The van der Waals surface area contributed by atoms with E-state index in [9.17, 15) is 4.79 Å². The molecule has 0 amide bonds. The molecule has 0 bridgehead atoms. The van der Waals surface area contributed by atoms with E-state index in [1.54, 1.807) is 13.2 Å². The van der Waals surface area contributed by atoms with Crippen molar-refractivity contribution < 1.29 is 4.74 Å². The number of tetrazole rings is 1. The summed E-state index contributed by atoms with van der Waals surface area (Å²) < 4.78 is 8.32. The van der Waals surface area contributed by atoms with Gasteiger partial charge in [-0.05, 0) is 42.0 Å². The van der Waals surface area contributed by atoms with Crippen LogP contribution in [0.2, 0.25) is 0 Å². The van der Waals surface area contributed by atoms with Crippen molar-refractivity contribution in [1.29, 1.82) is 0 Å². The van der Waals surface area contributed by atoms with Crippen LogP contribution < -0.4 is 10.4 Å². The third-order valence-electron chi connectivity index (χ3n) is 4.66. The van der Waals surface area contributed by atoms with Gasteiger partial charge in [0.25, 0.3) is 0 Å². The molecular formula is C21H20N6O2. The van der Waals surface area contributed by atoms with E-state index in [1.807, 2.05) is 62.4 Å². The minimum Gasteiger partial charge on any atom is -0.458 e. The molecule has 8 heteroatoms. The molecule has 4 rings (SSSR count). The second-order valence-corrected chi connectivity index (χ2v) is 6.75. The smallest absolute Gasteiger partial charge is 0.368 e. The summed E-state index contributed by atoms with van der Waals surface area (Å²) in [5.41, 5.74) is 5.04. The minimum absolute atomic E-state index is 0.197. The average Bonchev–Trinajstić information content (AvgIpc) is 3.06. The number of rotatable bonds is 5. The first-order chi connectivity index (χ1) is 14.0. The van der Waals surface area contributed by atoms with Crippen LogP contribution in [0, 0.1) is 13.8 Å². The Kier molecular flexibility index (Phi) is 4.90. The summed E-state index contributed by atoms with van der Waals surface area (Å²) in [6.45, 7) is 4.19. The van der Waals surface area contributed by atoms with Gasteiger partial charge in [-0.2, -0.15) is 14.3 Å². The maximum absolute atomic E-state index is 12.3. The van der Waals surface area contributed by atoms with Crippen LogP contribution in [0.25, 0.3) is 16.9 Å². The van der Waals surface area contributed by atoms with E-state index in [2.05, 4.69) is 20.4 Å². The number of aromatic nitrogens is 6. The molecule has 0 saturated carbocycles. The van der Waals surface area contributed by atoms with Gasteiger partial charge in [0.15, 0.2) is 0 Å². The number of nitrogens with zero attached hydrogens (tertiary/aromatic N) is 6. The summed E-state index contributed by atoms with van der Waals surface area (Å²) in [6, 6.07) is 15.8. The van der Waals surface area contributed by atoms with Gasteiger partial charge in [0.05, 0.1) is 11.4 Å². The van der Waals surface area contributed by atoms with E-state index in [-0.39, 0.29) is 18.3 Å². The monoisotopic (exact) mass is 388 g/mol. The lowest BCUT2D eigenvalue weighted by Gasteiger charge is -2.12. The SMILES string of the molecule is Cc1ccc(-c2ccnc(OCc3c(C)cccc3-n3nnn(C)c3=O)n2)cc1. The Morgan fingerprint density at radius 1 is 1.00 bits per heavy atom. The van der Waals surface area contributed by atoms with Gasteiger partial charge in [0, 0.05) is 24.4 Å². The van der Waals surface area contributed by atoms with Crippen molar-refractivity contribution in [3.8, 4) is 23.0 Å². The Morgan fingerprint density at radius 3 is 2.52 bits per heavy atom. The predicted molar refractivity (Wildman–Crippen MR) is 108 cm³/mol. The summed E-state index contributed by atoms with van der Waals surface area (Å²) in [6.07, 6.45) is 1.67. The lowest BCUT2D eigenvalue weighted by molar-refractivity contribution is 0.280. The van der Waals surface area contributed by atoms with Crippen LogP contribution in [-0.4, -0.2) is 29.8 Å². The Balaban J connectivity index is 1.62. The van der Waals surface area contributed by atoms with Crippen LogP contribution in [-0.2, 0) is 13.7 Å². The normalized spacial score (nSPS) is 10.9. The molecule has 2 aromatic heterocycles. The lowest BCUT2D eigenvalue weighted by Crippen LogP contribution is -2.23. The van der Waals surface area contributed by atoms with Gasteiger partial charge in [-0.15, -0.1) is 0 Å². The molecule has 2 heterocycles. The maximum Gasteiger partial charge on any atom is 0.368 e. The molecule has 0 fully saturated rings. The van der Waals surface area contributed by atoms with Gasteiger partial charge < -0.3 is 4.74 Å². The first-order valence-corrected chi connectivity index (χ1v) is 9.13. The van der Waals surface area contributed by atoms with E-state index in [1.165, 1.54) is 14.9 Å². The van der Waals surface area contributed by atoms with Gasteiger partial charge in [0.2, 0.25) is 0 Å². The molecule has 0 aliphatic rings. The standard InChI is InChI=1S/C21H20N6O2/c1-14-7-9-16(10-8-14)18-11-12-22-20(23-18)29-13-17-15(2)5-4-6-19(17)27-21(28)26(3)24-25-27/h4-12H,13H2,1-3H3. The molecule has 0 aliphatic carbocycles. The van der Waals surface area contributed by atoms with Gasteiger partial charge >= 0.3 is 11.7 Å². The first-order valence-electron chi connectivity index (χ1n) is 9.13. The summed E-state index contributed by atoms with van der Waals surface area (Å²) in [4.78, 5) is 21.0. The largest absolute Gasteiger partial charge is 0.458 e. The van der Waals surface area contributed by atoms with Crippen LogP contribution in [0.3, 0.4) is 0 Å². The molecule has 0 saturated heterocycles. The number of ether oxygens (including phenoxy) is 1. The molecule has 0 N–H and O–H groups in total.